The van der Waals surface area contributed by atoms with Crippen molar-refractivity contribution in [2.45, 2.75) is 16.1 Å². The Morgan fingerprint density at radius 3 is 2.33 bits per heavy atom. The highest BCUT2D eigenvalue weighted by Gasteiger charge is 2.72. The van der Waals surface area contributed by atoms with Gasteiger partial charge in [-0.25, -0.2) is 12.8 Å². The van der Waals surface area contributed by atoms with Gasteiger partial charge in [-0.05, 0) is 29.8 Å². The molecule has 4 nitrogen and oxygen atoms in total. The Labute approximate surface area is 140 Å². The van der Waals surface area contributed by atoms with E-state index in [9.17, 15) is 18.1 Å². The molecule has 1 aliphatic carbocycles. The molecule has 0 N–H and O–H groups in total. The summed E-state index contributed by atoms with van der Waals surface area (Å²) in [6.07, 6.45) is 0. The Balaban J connectivity index is 2.08. The zero-order valence-electron chi connectivity index (χ0n) is 13.0. The van der Waals surface area contributed by atoms with E-state index in [2.05, 4.69) is 6.07 Å². The molecule has 2 aromatic carbocycles. The zero-order chi connectivity index (χ0) is 17.4. The summed E-state index contributed by atoms with van der Waals surface area (Å²) >= 11 is 0. The molecule has 0 bridgehead atoms. The summed E-state index contributed by atoms with van der Waals surface area (Å²) in [7, 11) is -2.28. The van der Waals surface area contributed by atoms with E-state index < -0.39 is 32.2 Å². The van der Waals surface area contributed by atoms with Gasteiger partial charge >= 0.3 is 0 Å². The van der Waals surface area contributed by atoms with Crippen LogP contribution in [-0.2, 0) is 14.6 Å². The van der Waals surface area contributed by atoms with Gasteiger partial charge in [-0.15, -0.1) is 0 Å². The minimum absolute atomic E-state index is 0.00226. The van der Waals surface area contributed by atoms with Gasteiger partial charge in [0.1, 0.15) is 11.2 Å². The van der Waals surface area contributed by atoms with Crippen LogP contribution >= 0.6 is 0 Å². The predicted molar refractivity (Wildman–Crippen MR) is 86.5 cm³/mol. The van der Waals surface area contributed by atoms with Gasteiger partial charge in [0, 0.05) is 13.0 Å². The number of rotatable bonds is 5. The third kappa shape index (κ3) is 2.50. The summed E-state index contributed by atoms with van der Waals surface area (Å²) in [5.41, 5.74) is -0.541. The maximum atomic E-state index is 13.2. The Hall–Kier alpha value is -2.23. The van der Waals surface area contributed by atoms with Gasteiger partial charge in [0.15, 0.2) is 9.84 Å². The van der Waals surface area contributed by atoms with E-state index in [0.717, 1.165) is 0 Å². The summed E-state index contributed by atoms with van der Waals surface area (Å²) in [4.78, 5) is 0.176. The second kappa shape index (κ2) is 6.00. The molecule has 24 heavy (non-hydrogen) atoms. The third-order valence-electron chi connectivity index (χ3n) is 4.48. The number of hydrogen-bond acceptors (Lipinski definition) is 4. The van der Waals surface area contributed by atoms with Crippen molar-refractivity contribution in [1.82, 2.24) is 0 Å². The van der Waals surface area contributed by atoms with Crippen molar-refractivity contribution >= 4 is 9.84 Å². The number of nitrogens with zero attached hydrogens (tertiary/aromatic N) is 1. The first-order valence-corrected chi connectivity index (χ1v) is 8.96. The van der Waals surface area contributed by atoms with Gasteiger partial charge in [-0.1, -0.05) is 30.3 Å². The minimum Gasteiger partial charge on any atom is -0.383 e. The van der Waals surface area contributed by atoms with Gasteiger partial charge in [0.2, 0.25) is 0 Å². The van der Waals surface area contributed by atoms with Crippen molar-refractivity contribution in [3.05, 3.63) is 66.0 Å². The lowest BCUT2D eigenvalue weighted by Crippen LogP contribution is -2.19. The van der Waals surface area contributed by atoms with Crippen LogP contribution in [0.15, 0.2) is 59.5 Å². The average molecular weight is 345 g/mol. The van der Waals surface area contributed by atoms with Crippen LogP contribution in [0.3, 0.4) is 0 Å². The standard InChI is InChI=1S/C18H16FNO3S/c1-23-12-18(11-20)16(13-7-9-14(19)10-8-13)17(18)24(21,22)15-5-3-2-4-6-15/h2-10,16-17H,12H2,1H3. The molecule has 6 heteroatoms. The summed E-state index contributed by atoms with van der Waals surface area (Å²) < 4.78 is 44.3. The zero-order valence-corrected chi connectivity index (χ0v) is 13.8. The monoisotopic (exact) mass is 345 g/mol. The maximum absolute atomic E-state index is 13.2. The maximum Gasteiger partial charge on any atom is 0.183 e. The lowest BCUT2D eigenvalue weighted by molar-refractivity contribution is 0.162. The molecule has 1 aliphatic rings. The van der Waals surface area contributed by atoms with Crippen molar-refractivity contribution in [3.8, 4) is 6.07 Å². The van der Waals surface area contributed by atoms with E-state index in [1.54, 1.807) is 18.2 Å². The molecular formula is C18H16FNO3S. The highest BCUT2D eigenvalue weighted by molar-refractivity contribution is 7.92. The van der Waals surface area contributed by atoms with Crippen LogP contribution in [-0.4, -0.2) is 27.4 Å². The minimum atomic E-state index is -3.71. The van der Waals surface area contributed by atoms with Crippen LogP contribution in [0.2, 0.25) is 0 Å². The number of benzene rings is 2. The van der Waals surface area contributed by atoms with Gasteiger partial charge in [-0.3, -0.25) is 0 Å². The topological polar surface area (TPSA) is 67.2 Å². The van der Waals surface area contributed by atoms with Gasteiger partial charge in [-0.2, -0.15) is 5.26 Å². The molecule has 0 heterocycles. The fraction of sp³-hybridized carbons (Fsp3) is 0.278. The molecule has 2 aromatic rings. The van der Waals surface area contributed by atoms with E-state index in [1.165, 1.54) is 43.5 Å². The van der Waals surface area contributed by atoms with E-state index in [1.807, 2.05) is 0 Å². The number of ether oxygens (including phenoxy) is 1. The predicted octanol–water partition coefficient (Wildman–Crippen LogP) is 2.92. The number of nitriles is 1. The summed E-state index contributed by atoms with van der Waals surface area (Å²) in [5, 5.41) is 8.77. The molecule has 0 saturated heterocycles. The number of hydrogen-bond donors (Lipinski definition) is 0. The van der Waals surface area contributed by atoms with Gasteiger partial charge in [0.05, 0.1) is 22.8 Å². The number of halogens is 1. The molecule has 0 aliphatic heterocycles. The molecule has 1 saturated carbocycles. The van der Waals surface area contributed by atoms with Crippen LogP contribution in [0, 0.1) is 22.6 Å². The Morgan fingerprint density at radius 2 is 1.79 bits per heavy atom. The molecule has 0 aromatic heterocycles. The Morgan fingerprint density at radius 1 is 1.17 bits per heavy atom. The normalized spacial score (nSPS) is 25.9. The van der Waals surface area contributed by atoms with E-state index in [4.69, 9.17) is 4.74 Å². The average Bonchev–Trinajstić information content (AvgIpc) is 3.26. The quantitative estimate of drug-likeness (QED) is 0.836. The molecule has 0 radical (unpaired) electrons. The van der Waals surface area contributed by atoms with E-state index in [0.29, 0.717) is 5.56 Å². The first-order chi connectivity index (χ1) is 11.5. The van der Waals surface area contributed by atoms with Crippen molar-refractivity contribution < 1.29 is 17.5 Å². The lowest BCUT2D eigenvalue weighted by Gasteiger charge is -2.08. The van der Waals surface area contributed by atoms with Crippen molar-refractivity contribution in [1.29, 1.82) is 5.26 Å². The summed E-state index contributed by atoms with van der Waals surface area (Å²) in [5.74, 6) is -0.954. The largest absolute Gasteiger partial charge is 0.383 e. The van der Waals surface area contributed by atoms with Crippen molar-refractivity contribution in [2.24, 2.45) is 5.41 Å². The lowest BCUT2D eigenvalue weighted by atomic mass is 10.0. The van der Waals surface area contributed by atoms with Crippen molar-refractivity contribution in [2.75, 3.05) is 13.7 Å². The SMILES string of the molecule is COCC1(C#N)C(c2ccc(F)cc2)C1S(=O)(=O)c1ccccc1. The number of methoxy groups -OCH3 is 1. The second-order valence-corrected chi connectivity index (χ2v) is 7.96. The molecule has 3 rings (SSSR count). The molecule has 124 valence electrons. The Kier molecular flexibility index (Phi) is 4.16. The second-order valence-electron chi connectivity index (χ2n) is 5.89. The fourth-order valence-electron chi connectivity index (χ4n) is 3.34. The molecule has 3 atom stereocenters. The van der Waals surface area contributed by atoms with E-state index in [-0.39, 0.29) is 11.5 Å². The summed E-state index contributed by atoms with van der Waals surface area (Å²) in [6.45, 7) is 0.00226. The molecule has 1 fully saturated rings. The van der Waals surface area contributed by atoms with Gasteiger partial charge < -0.3 is 4.74 Å². The smallest absolute Gasteiger partial charge is 0.183 e. The number of sulfone groups is 1. The van der Waals surface area contributed by atoms with Crippen LogP contribution < -0.4 is 0 Å². The molecule has 3 unspecified atom stereocenters. The first-order valence-electron chi connectivity index (χ1n) is 7.42. The van der Waals surface area contributed by atoms with Crippen LogP contribution in [0.5, 0.6) is 0 Å². The Bertz CT molecular complexity index is 875. The fourth-order valence-corrected chi connectivity index (χ4v) is 5.67. The summed E-state index contributed by atoms with van der Waals surface area (Å²) in [6, 6.07) is 15.8. The van der Waals surface area contributed by atoms with Crippen LogP contribution in [0.25, 0.3) is 0 Å². The highest BCUT2D eigenvalue weighted by atomic mass is 32.2. The van der Waals surface area contributed by atoms with Crippen molar-refractivity contribution in [3.63, 3.8) is 0 Å². The first kappa shape index (κ1) is 16.6. The third-order valence-corrected chi connectivity index (χ3v) is 6.77. The molecular weight excluding hydrogens is 329 g/mol. The highest BCUT2D eigenvalue weighted by Crippen LogP contribution is 2.63. The van der Waals surface area contributed by atoms with Gasteiger partial charge in [0.25, 0.3) is 0 Å². The van der Waals surface area contributed by atoms with E-state index >= 15 is 0 Å². The van der Waals surface area contributed by atoms with Crippen LogP contribution in [0.4, 0.5) is 4.39 Å². The molecule has 0 spiro atoms. The molecule has 0 amide bonds. The van der Waals surface area contributed by atoms with Crippen LogP contribution in [0.1, 0.15) is 11.5 Å².